The van der Waals surface area contributed by atoms with Crippen LogP contribution in [-0.2, 0) is 20.1 Å². The van der Waals surface area contributed by atoms with Gasteiger partial charge in [-0.2, -0.15) is 10.2 Å². The number of hydrogen-bond acceptors (Lipinski definition) is 5. The number of hydrogen-bond donors (Lipinski definition) is 0. The number of nitrogens with zero attached hydrogens (tertiary/aromatic N) is 6. The molecule has 1 amide bonds. The summed E-state index contributed by atoms with van der Waals surface area (Å²) in [6.45, 7) is 4.13. The number of rotatable bonds is 6. The fourth-order valence-electron chi connectivity index (χ4n) is 3.16. The zero-order valence-corrected chi connectivity index (χ0v) is 18.2. The second kappa shape index (κ2) is 8.16. The van der Waals surface area contributed by atoms with Gasteiger partial charge in [0, 0.05) is 19.7 Å². The van der Waals surface area contributed by atoms with Crippen molar-refractivity contribution in [1.82, 2.24) is 24.5 Å². The zero-order chi connectivity index (χ0) is 21.3. The Morgan fingerprint density at radius 2 is 1.93 bits per heavy atom. The van der Waals surface area contributed by atoms with Crippen LogP contribution in [0.15, 0.2) is 34.9 Å². The number of halogens is 1. The minimum atomic E-state index is -0.410. The summed E-state index contributed by atoms with van der Waals surface area (Å²) in [4.78, 5) is 25.1. The summed E-state index contributed by atoms with van der Waals surface area (Å²) in [6, 6.07) is 7.19. The van der Waals surface area contributed by atoms with Crippen LogP contribution in [0.1, 0.15) is 33.0 Å². The molecule has 3 aromatic rings. The van der Waals surface area contributed by atoms with Crippen LogP contribution in [0.5, 0.6) is 0 Å². The Morgan fingerprint density at radius 1 is 1.28 bits per heavy atom. The van der Waals surface area contributed by atoms with E-state index in [0.717, 1.165) is 15.7 Å². The molecule has 2 aromatic heterocycles. The monoisotopic (exact) mass is 460 g/mol. The van der Waals surface area contributed by atoms with Gasteiger partial charge in [-0.15, -0.1) is 0 Å². The Morgan fingerprint density at radius 3 is 2.45 bits per heavy atom. The van der Waals surface area contributed by atoms with Crippen molar-refractivity contribution in [2.24, 2.45) is 7.05 Å². The predicted molar refractivity (Wildman–Crippen MR) is 111 cm³/mol. The van der Waals surface area contributed by atoms with Crippen molar-refractivity contribution in [3.8, 4) is 0 Å². The first kappa shape index (κ1) is 20.7. The molecule has 0 radical (unpaired) electrons. The van der Waals surface area contributed by atoms with E-state index < -0.39 is 4.92 Å². The summed E-state index contributed by atoms with van der Waals surface area (Å²) >= 11 is 3.44. The van der Waals surface area contributed by atoms with Crippen molar-refractivity contribution in [2.75, 3.05) is 7.05 Å². The lowest BCUT2D eigenvalue weighted by atomic mass is 10.1. The van der Waals surface area contributed by atoms with Crippen LogP contribution in [0.2, 0.25) is 0 Å². The summed E-state index contributed by atoms with van der Waals surface area (Å²) in [5.74, 6) is -0.105. The van der Waals surface area contributed by atoms with Gasteiger partial charge in [-0.25, -0.2) is 0 Å². The first-order valence-electron chi connectivity index (χ1n) is 8.88. The molecule has 0 saturated heterocycles. The topological polar surface area (TPSA) is 99.1 Å². The van der Waals surface area contributed by atoms with Crippen molar-refractivity contribution in [3.63, 3.8) is 0 Å². The number of amides is 1. The molecular weight excluding hydrogens is 440 g/mol. The summed E-state index contributed by atoms with van der Waals surface area (Å²) in [7, 11) is 3.57. The molecular formula is C19H21BrN6O3. The summed E-state index contributed by atoms with van der Waals surface area (Å²) in [6.07, 6.45) is 1.70. The lowest BCUT2D eigenvalue weighted by Crippen LogP contribution is -2.27. The molecule has 0 fully saturated rings. The Bertz CT molecular complexity index is 1050. The zero-order valence-electron chi connectivity index (χ0n) is 16.6. The number of aryl methyl sites for hydroxylation is 2. The van der Waals surface area contributed by atoms with Gasteiger partial charge in [-0.3, -0.25) is 24.3 Å². The average Bonchev–Trinajstić information content (AvgIpc) is 3.14. The molecule has 10 heteroatoms. The maximum atomic E-state index is 12.7. The van der Waals surface area contributed by atoms with E-state index in [1.54, 1.807) is 53.5 Å². The van der Waals surface area contributed by atoms with E-state index in [9.17, 15) is 14.9 Å². The third kappa shape index (κ3) is 4.21. The molecule has 0 aliphatic rings. The van der Waals surface area contributed by atoms with E-state index in [1.807, 2.05) is 19.2 Å². The predicted octanol–water partition coefficient (Wildman–Crippen LogP) is 3.22. The van der Waals surface area contributed by atoms with Gasteiger partial charge in [0.2, 0.25) is 0 Å². The molecule has 0 aliphatic heterocycles. The van der Waals surface area contributed by atoms with Crippen LogP contribution in [0, 0.1) is 24.0 Å². The highest BCUT2D eigenvalue weighted by Gasteiger charge is 2.22. The summed E-state index contributed by atoms with van der Waals surface area (Å²) in [5.41, 5.74) is 3.31. The standard InChI is InChI=1S/C19H21BrN6O3/c1-12-18(26(28)29)13(2)25(22-12)10-14-5-7-15(8-6-14)19(27)23(3)11-17-16(20)9-21-24(17)4/h5-9H,10-11H2,1-4H3. The number of benzene rings is 1. The molecule has 0 bridgehead atoms. The normalized spacial score (nSPS) is 10.9. The van der Waals surface area contributed by atoms with Crippen molar-refractivity contribution >= 4 is 27.5 Å². The smallest absolute Gasteiger partial charge is 0.312 e. The van der Waals surface area contributed by atoms with Crippen LogP contribution in [-0.4, -0.2) is 42.3 Å². The highest BCUT2D eigenvalue weighted by Crippen LogP contribution is 2.23. The van der Waals surface area contributed by atoms with Crippen LogP contribution < -0.4 is 0 Å². The third-order valence-electron chi connectivity index (χ3n) is 4.80. The van der Waals surface area contributed by atoms with Gasteiger partial charge in [0.25, 0.3) is 5.91 Å². The van der Waals surface area contributed by atoms with Crippen LogP contribution in [0.4, 0.5) is 5.69 Å². The second-order valence-electron chi connectivity index (χ2n) is 6.86. The van der Waals surface area contributed by atoms with Gasteiger partial charge < -0.3 is 4.90 Å². The van der Waals surface area contributed by atoms with Crippen LogP contribution in [0.3, 0.4) is 0 Å². The van der Waals surface area contributed by atoms with Crippen LogP contribution in [0.25, 0.3) is 0 Å². The van der Waals surface area contributed by atoms with E-state index in [2.05, 4.69) is 26.1 Å². The average molecular weight is 461 g/mol. The lowest BCUT2D eigenvalue weighted by molar-refractivity contribution is -0.386. The third-order valence-corrected chi connectivity index (χ3v) is 5.47. The van der Waals surface area contributed by atoms with E-state index in [0.29, 0.717) is 30.0 Å². The van der Waals surface area contributed by atoms with Gasteiger partial charge >= 0.3 is 5.69 Å². The lowest BCUT2D eigenvalue weighted by Gasteiger charge is -2.18. The van der Waals surface area contributed by atoms with Gasteiger partial charge in [0.1, 0.15) is 11.4 Å². The minimum Gasteiger partial charge on any atom is -0.336 e. The Kier molecular flexibility index (Phi) is 5.83. The minimum absolute atomic E-state index is 0.0414. The molecule has 0 saturated carbocycles. The second-order valence-corrected chi connectivity index (χ2v) is 7.71. The Balaban J connectivity index is 1.72. The molecule has 0 aliphatic carbocycles. The Labute approximate surface area is 176 Å². The molecule has 152 valence electrons. The van der Waals surface area contributed by atoms with Crippen molar-refractivity contribution in [3.05, 3.63) is 73.3 Å². The van der Waals surface area contributed by atoms with E-state index in [4.69, 9.17) is 0 Å². The van der Waals surface area contributed by atoms with Crippen molar-refractivity contribution in [1.29, 1.82) is 0 Å². The molecule has 1 aromatic carbocycles. The molecule has 0 unspecified atom stereocenters. The molecule has 0 spiro atoms. The molecule has 0 N–H and O–H groups in total. The maximum Gasteiger partial charge on any atom is 0.312 e. The largest absolute Gasteiger partial charge is 0.336 e. The molecule has 9 nitrogen and oxygen atoms in total. The number of nitro groups is 1. The van der Waals surface area contributed by atoms with Crippen molar-refractivity contribution < 1.29 is 9.72 Å². The van der Waals surface area contributed by atoms with Gasteiger partial charge in [0.15, 0.2) is 0 Å². The van der Waals surface area contributed by atoms with Gasteiger partial charge in [-0.05, 0) is 47.5 Å². The summed E-state index contributed by atoms with van der Waals surface area (Å²) in [5, 5.41) is 19.6. The number of aromatic nitrogens is 4. The molecule has 0 atom stereocenters. The summed E-state index contributed by atoms with van der Waals surface area (Å²) < 4.78 is 4.19. The SMILES string of the molecule is Cc1nn(Cc2ccc(C(=O)N(C)Cc3c(Br)cnn3C)cc2)c(C)c1[N+](=O)[O-]. The molecule has 2 heterocycles. The van der Waals surface area contributed by atoms with E-state index in [-0.39, 0.29) is 11.6 Å². The highest BCUT2D eigenvalue weighted by molar-refractivity contribution is 9.10. The van der Waals surface area contributed by atoms with Gasteiger partial charge in [-0.1, -0.05) is 12.1 Å². The molecule has 29 heavy (non-hydrogen) atoms. The van der Waals surface area contributed by atoms with Crippen LogP contribution >= 0.6 is 15.9 Å². The fraction of sp³-hybridized carbons (Fsp3) is 0.316. The maximum absolute atomic E-state index is 12.7. The first-order chi connectivity index (χ1) is 13.7. The quantitative estimate of drug-likeness (QED) is 0.415. The highest BCUT2D eigenvalue weighted by atomic mass is 79.9. The van der Waals surface area contributed by atoms with E-state index >= 15 is 0 Å². The first-order valence-corrected chi connectivity index (χ1v) is 9.67. The Hall–Kier alpha value is -3.01. The van der Waals surface area contributed by atoms with Crippen molar-refractivity contribution in [2.45, 2.75) is 26.9 Å². The van der Waals surface area contributed by atoms with E-state index in [1.165, 1.54) is 0 Å². The van der Waals surface area contributed by atoms with Gasteiger partial charge in [0.05, 0.1) is 34.4 Å². The molecule has 3 rings (SSSR count). The fourth-order valence-corrected chi connectivity index (χ4v) is 3.64. The number of carbonyl (C=O) groups is 1. The number of carbonyl (C=O) groups excluding carboxylic acids is 1.